The van der Waals surface area contributed by atoms with E-state index in [9.17, 15) is 0 Å². The number of para-hydroxylation sites is 2. The highest BCUT2D eigenvalue weighted by Gasteiger charge is 2.08. The maximum absolute atomic E-state index is 6.19. The first-order valence-corrected chi connectivity index (χ1v) is 7.36. The van der Waals surface area contributed by atoms with Crippen LogP contribution in [0.5, 0.6) is 5.75 Å². The zero-order valence-electron chi connectivity index (χ0n) is 10.4. The van der Waals surface area contributed by atoms with Crippen LogP contribution in [0, 0.1) is 3.57 Å². The van der Waals surface area contributed by atoms with Crippen LogP contribution in [0.1, 0.15) is 6.92 Å². The first-order valence-electron chi connectivity index (χ1n) is 5.90. The average Bonchev–Trinajstić information content (AvgIpc) is 2.40. The van der Waals surface area contributed by atoms with Crippen LogP contribution in [0.25, 0.3) is 0 Å². The van der Waals surface area contributed by atoms with Crippen molar-refractivity contribution >= 4 is 45.6 Å². The van der Waals surface area contributed by atoms with E-state index >= 15 is 0 Å². The molecular formula is C14H14ClIN2O. The van der Waals surface area contributed by atoms with Gasteiger partial charge in [-0.15, -0.1) is 0 Å². The predicted molar refractivity (Wildman–Crippen MR) is 89.0 cm³/mol. The lowest BCUT2D eigenvalue weighted by molar-refractivity contribution is 0.342. The monoisotopic (exact) mass is 388 g/mol. The molecule has 2 N–H and O–H groups in total. The summed E-state index contributed by atoms with van der Waals surface area (Å²) in [5.74, 6) is 0.730. The molecule has 0 fully saturated rings. The van der Waals surface area contributed by atoms with Crippen LogP contribution in [0.2, 0.25) is 5.02 Å². The maximum Gasteiger partial charge on any atom is 0.145 e. The Morgan fingerprint density at radius 2 is 1.89 bits per heavy atom. The predicted octanol–water partition coefficient (Wildman–Crippen LogP) is 4.78. The molecule has 2 aromatic carbocycles. The second-order valence-corrected chi connectivity index (χ2v) is 5.35. The van der Waals surface area contributed by atoms with Crippen LogP contribution in [0.15, 0.2) is 42.5 Å². The number of hydrogen-bond acceptors (Lipinski definition) is 3. The lowest BCUT2D eigenvalue weighted by Gasteiger charge is -2.16. The number of hydrogen-bond donors (Lipinski definition) is 2. The van der Waals surface area contributed by atoms with E-state index < -0.39 is 0 Å². The minimum Gasteiger partial charge on any atom is -0.492 e. The molecule has 0 aromatic heterocycles. The van der Waals surface area contributed by atoms with Crippen LogP contribution in [0.4, 0.5) is 11.4 Å². The molecule has 0 aliphatic rings. The van der Waals surface area contributed by atoms with E-state index in [1.807, 2.05) is 49.4 Å². The van der Waals surface area contributed by atoms with Crippen molar-refractivity contribution in [3.8, 4) is 5.75 Å². The summed E-state index contributed by atoms with van der Waals surface area (Å²) in [7, 11) is 0. The van der Waals surface area contributed by atoms with E-state index in [0.717, 1.165) is 20.7 Å². The summed E-state index contributed by atoms with van der Waals surface area (Å²) < 4.78 is 6.67. The zero-order chi connectivity index (χ0) is 13.7. The zero-order valence-corrected chi connectivity index (χ0v) is 13.3. The third-order valence-corrected chi connectivity index (χ3v) is 3.73. The summed E-state index contributed by atoms with van der Waals surface area (Å²) in [5.41, 5.74) is 7.99. The molecule has 2 rings (SSSR count). The second-order valence-electron chi connectivity index (χ2n) is 3.78. The highest BCUT2D eigenvalue weighted by atomic mass is 127. The van der Waals surface area contributed by atoms with Crippen molar-refractivity contribution in [1.82, 2.24) is 0 Å². The molecule has 0 atom stereocenters. The molecule has 0 saturated carbocycles. The number of ether oxygens (including phenoxy) is 1. The van der Waals surface area contributed by atoms with Gasteiger partial charge in [-0.2, -0.15) is 0 Å². The topological polar surface area (TPSA) is 33.3 Å². The Balaban J connectivity index is 2.17. The minimum absolute atomic E-state index is 0.595. The number of hydrazine groups is 1. The van der Waals surface area contributed by atoms with Gasteiger partial charge in [-0.1, -0.05) is 29.8 Å². The van der Waals surface area contributed by atoms with Gasteiger partial charge in [0.2, 0.25) is 0 Å². The molecule has 0 radical (unpaired) electrons. The molecule has 0 heterocycles. The van der Waals surface area contributed by atoms with Crippen molar-refractivity contribution in [3.63, 3.8) is 0 Å². The van der Waals surface area contributed by atoms with Crippen LogP contribution in [-0.4, -0.2) is 6.61 Å². The molecule has 0 bridgehead atoms. The van der Waals surface area contributed by atoms with Gasteiger partial charge >= 0.3 is 0 Å². The Hall–Kier alpha value is -1.14. The Labute approximate surface area is 131 Å². The van der Waals surface area contributed by atoms with Crippen molar-refractivity contribution in [1.29, 1.82) is 0 Å². The molecule has 5 heteroatoms. The van der Waals surface area contributed by atoms with Crippen LogP contribution in [-0.2, 0) is 0 Å². The van der Waals surface area contributed by atoms with E-state index in [1.54, 1.807) is 0 Å². The molecule has 100 valence electrons. The molecule has 2 aromatic rings. The molecule has 3 nitrogen and oxygen atoms in total. The molecule has 0 saturated heterocycles. The lowest BCUT2D eigenvalue weighted by atomic mass is 10.3. The van der Waals surface area contributed by atoms with Gasteiger partial charge in [-0.25, -0.2) is 0 Å². The number of halogens is 2. The van der Waals surface area contributed by atoms with Gasteiger partial charge in [0.25, 0.3) is 0 Å². The van der Waals surface area contributed by atoms with Crippen molar-refractivity contribution in [3.05, 3.63) is 51.1 Å². The van der Waals surface area contributed by atoms with Gasteiger partial charge < -0.3 is 4.74 Å². The Morgan fingerprint density at radius 1 is 1.11 bits per heavy atom. The number of rotatable bonds is 5. The smallest absolute Gasteiger partial charge is 0.145 e. The fourth-order valence-corrected chi connectivity index (χ4v) is 2.33. The third kappa shape index (κ3) is 3.67. The van der Waals surface area contributed by atoms with E-state index in [0.29, 0.717) is 11.6 Å². The van der Waals surface area contributed by atoms with E-state index in [2.05, 4.69) is 33.4 Å². The van der Waals surface area contributed by atoms with Gasteiger partial charge in [0.05, 0.1) is 17.3 Å². The molecule has 0 aliphatic heterocycles. The van der Waals surface area contributed by atoms with Gasteiger partial charge in [0.15, 0.2) is 0 Å². The molecule has 0 spiro atoms. The van der Waals surface area contributed by atoms with Crippen LogP contribution in [0.3, 0.4) is 0 Å². The van der Waals surface area contributed by atoms with Crippen LogP contribution >= 0.6 is 34.2 Å². The summed E-state index contributed by atoms with van der Waals surface area (Å²) in [5, 5.41) is 0.615. The first-order chi connectivity index (χ1) is 9.22. The standard InChI is InChI=1S/C14H14ClIN2O/c1-2-19-13-9-5-6-10(15)14(13)18-17-12-8-4-3-7-11(12)16/h3-9,17-18H,2H2,1H3. The molecule has 19 heavy (non-hydrogen) atoms. The fourth-order valence-electron chi connectivity index (χ4n) is 1.59. The van der Waals surface area contributed by atoms with Crippen molar-refractivity contribution < 1.29 is 4.74 Å². The molecule has 0 amide bonds. The highest BCUT2D eigenvalue weighted by molar-refractivity contribution is 14.1. The van der Waals surface area contributed by atoms with E-state index in [1.165, 1.54) is 0 Å². The summed E-state index contributed by atoms with van der Waals surface area (Å²) >= 11 is 8.46. The van der Waals surface area contributed by atoms with Crippen molar-refractivity contribution in [2.45, 2.75) is 6.92 Å². The van der Waals surface area contributed by atoms with Crippen molar-refractivity contribution in [2.24, 2.45) is 0 Å². The highest BCUT2D eigenvalue weighted by Crippen LogP contribution is 2.32. The Morgan fingerprint density at radius 3 is 2.63 bits per heavy atom. The summed E-state index contributed by atoms with van der Waals surface area (Å²) in [4.78, 5) is 0. The summed E-state index contributed by atoms with van der Waals surface area (Å²) in [6.45, 7) is 2.54. The SMILES string of the molecule is CCOc1cccc(Cl)c1NNc1ccccc1I. The van der Waals surface area contributed by atoms with Gasteiger partial charge in [0, 0.05) is 3.57 Å². The minimum atomic E-state index is 0.595. The largest absolute Gasteiger partial charge is 0.492 e. The average molecular weight is 389 g/mol. The number of anilines is 2. The van der Waals surface area contributed by atoms with Gasteiger partial charge in [-0.3, -0.25) is 10.9 Å². The first kappa shape index (κ1) is 14.3. The quantitative estimate of drug-likeness (QED) is 0.571. The van der Waals surface area contributed by atoms with Crippen LogP contribution < -0.4 is 15.6 Å². The molecule has 0 aliphatic carbocycles. The number of nitrogens with one attached hydrogen (secondary N) is 2. The molecular weight excluding hydrogens is 375 g/mol. The Kier molecular flexibility index (Phi) is 5.15. The van der Waals surface area contributed by atoms with Crippen molar-refractivity contribution in [2.75, 3.05) is 17.5 Å². The fraction of sp³-hybridized carbons (Fsp3) is 0.143. The summed E-state index contributed by atoms with van der Waals surface area (Å²) in [6.07, 6.45) is 0. The second kappa shape index (κ2) is 6.86. The number of benzene rings is 2. The normalized spacial score (nSPS) is 10.1. The summed E-state index contributed by atoms with van der Waals surface area (Å²) in [6, 6.07) is 13.6. The lowest BCUT2D eigenvalue weighted by Crippen LogP contribution is -2.11. The van der Waals surface area contributed by atoms with E-state index in [4.69, 9.17) is 16.3 Å². The van der Waals surface area contributed by atoms with Gasteiger partial charge in [0.1, 0.15) is 11.4 Å². The van der Waals surface area contributed by atoms with Gasteiger partial charge in [-0.05, 0) is 53.8 Å². The maximum atomic E-state index is 6.19. The Bertz CT molecular complexity index is 563. The molecule has 0 unspecified atom stereocenters. The third-order valence-electron chi connectivity index (χ3n) is 2.47. The van der Waals surface area contributed by atoms with E-state index in [-0.39, 0.29) is 0 Å².